The number of carbonyl (C=O) groups excluding carboxylic acids is 1. The maximum Gasteiger partial charge on any atom is 0.242 e. The van der Waals surface area contributed by atoms with Gasteiger partial charge < -0.3 is 5.32 Å². The highest BCUT2D eigenvalue weighted by atomic mass is 35.5. The van der Waals surface area contributed by atoms with E-state index < -0.39 is 11.2 Å². The second-order valence-corrected chi connectivity index (χ2v) is 4.16. The van der Waals surface area contributed by atoms with Gasteiger partial charge in [0.1, 0.15) is 11.2 Å². The van der Waals surface area contributed by atoms with Crippen molar-refractivity contribution in [2.75, 3.05) is 6.54 Å². The van der Waals surface area contributed by atoms with Crippen molar-refractivity contribution in [2.45, 2.75) is 18.7 Å². The van der Waals surface area contributed by atoms with Crippen LogP contribution in [0.1, 0.15) is 24.3 Å². The Labute approximate surface area is 104 Å². The number of carbonyl (C=O) groups is 1. The number of hydrogen-bond acceptors (Lipinski definition) is 1. The molecule has 0 radical (unpaired) electrons. The van der Waals surface area contributed by atoms with Gasteiger partial charge >= 0.3 is 0 Å². The van der Waals surface area contributed by atoms with Crippen LogP contribution < -0.4 is 5.32 Å². The van der Waals surface area contributed by atoms with E-state index in [1.54, 1.807) is 0 Å². The molecule has 1 unspecified atom stereocenters. The molecule has 1 amide bonds. The molecule has 0 aliphatic carbocycles. The fraction of sp³-hybridized carbons (Fsp3) is 0.364. The Morgan fingerprint density at radius 2 is 2.25 bits per heavy atom. The molecule has 0 fully saturated rings. The maximum absolute atomic E-state index is 12.8. The maximum atomic E-state index is 12.8. The van der Waals surface area contributed by atoms with Gasteiger partial charge in [-0.2, -0.15) is 0 Å². The van der Waals surface area contributed by atoms with Crippen LogP contribution in [0.2, 0.25) is 5.02 Å². The van der Waals surface area contributed by atoms with E-state index in [0.717, 1.165) is 12.5 Å². The number of nitrogens with one attached hydrogen (secondary N) is 1. The second-order valence-electron chi connectivity index (χ2n) is 3.32. The molecule has 0 heterocycles. The van der Waals surface area contributed by atoms with Gasteiger partial charge in [-0.05, 0) is 24.1 Å². The number of benzene rings is 1. The van der Waals surface area contributed by atoms with Crippen molar-refractivity contribution < 1.29 is 9.18 Å². The molecule has 1 atom stereocenters. The Balaban J connectivity index is 2.79. The highest BCUT2D eigenvalue weighted by Crippen LogP contribution is 2.28. The molecule has 0 aliphatic heterocycles. The molecule has 1 N–H and O–H groups in total. The number of hydrogen-bond donors (Lipinski definition) is 1. The summed E-state index contributed by atoms with van der Waals surface area (Å²) in [6.45, 7) is 2.50. The van der Waals surface area contributed by atoms with Crippen molar-refractivity contribution in [1.29, 1.82) is 0 Å². The lowest BCUT2D eigenvalue weighted by molar-refractivity contribution is -0.120. The minimum absolute atomic E-state index is 0.159. The zero-order valence-electron chi connectivity index (χ0n) is 8.77. The first kappa shape index (κ1) is 13.3. The summed E-state index contributed by atoms with van der Waals surface area (Å²) in [7, 11) is 0. The summed E-state index contributed by atoms with van der Waals surface area (Å²) in [6.07, 6.45) is 0.826. The van der Waals surface area contributed by atoms with Crippen LogP contribution in [-0.4, -0.2) is 12.5 Å². The molecule has 5 heteroatoms. The van der Waals surface area contributed by atoms with E-state index in [1.165, 1.54) is 12.1 Å². The molecule has 0 saturated heterocycles. The molecule has 2 nitrogen and oxygen atoms in total. The van der Waals surface area contributed by atoms with Crippen molar-refractivity contribution in [1.82, 2.24) is 5.32 Å². The third-order valence-corrected chi connectivity index (χ3v) is 2.78. The minimum atomic E-state index is -0.889. The molecular formula is C11H12Cl2FNO. The van der Waals surface area contributed by atoms with Gasteiger partial charge in [0.15, 0.2) is 0 Å². The Hall–Kier alpha value is -0.800. The van der Waals surface area contributed by atoms with Gasteiger partial charge in [-0.25, -0.2) is 4.39 Å². The first-order chi connectivity index (χ1) is 7.56. The third-order valence-electron chi connectivity index (χ3n) is 2.01. The molecule has 0 aliphatic rings. The predicted molar refractivity (Wildman–Crippen MR) is 63.3 cm³/mol. The standard InChI is InChI=1S/C11H12Cl2FNO/c1-2-5-15-11(16)10(13)8-4-3-7(14)6-9(8)12/h3-4,6,10H,2,5H2,1H3,(H,15,16). The summed E-state index contributed by atoms with van der Waals surface area (Å²) in [5, 5.41) is 1.92. The minimum Gasteiger partial charge on any atom is -0.355 e. The number of amides is 1. The van der Waals surface area contributed by atoms with Crippen molar-refractivity contribution in [3.63, 3.8) is 0 Å². The van der Waals surface area contributed by atoms with Crippen molar-refractivity contribution in [3.8, 4) is 0 Å². The van der Waals surface area contributed by atoms with Crippen molar-refractivity contribution in [2.24, 2.45) is 0 Å². The van der Waals surface area contributed by atoms with Gasteiger partial charge in [-0.15, -0.1) is 11.6 Å². The molecule has 0 saturated carbocycles. The van der Waals surface area contributed by atoms with Gasteiger partial charge in [-0.1, -0.05) is 24.6 Å². The monoisotopic (exact) mass is 263 g/mol. The van der Waals surface area contributed by atoms with E-state index in [2.05, 4.69) is 5.32 Å². The number of halogens is 3. The SMILES string of the molecule is CCCNC(=O)C(Cl)c1ccc(F)cc1Cl. The van der Waals surface area contributed by atoms with E-state index in [4.69, 9.17) is 23.2 Å². The average molecular weight is 264 g/mol. The Kier molecular flexibility index (Phi) is 5.03. The van der Waals surface area contributed by atoms with Crippen LogP contribution in [-0.2, 0) is 4.79 Å². The molecule has 1 rings (SSSR count). The lowest BCUT2D eigenvalue weighted by Gasteiger charge is -2.11. The topological polar surface area (TPSA) is 29.1 Å². The number of alkyl halides is 1. The van der Waals surface area contributed by atoms with Gasteiger partial charge in [0.2, 0.25) is 5.91 Å². The quantitative estimate of drug-likeness (QED) is 0.831. The van der Waals surface area contributed by atoms with Gasteiger partial charge in [0.25, 0.3) is 0 Å². The van der Waals surface area contributed by atoms with Crippen LogP contribution in [0.3, 0.4) is 0 Å². The summed E-state index contributed by atoms with van der Waals surface area (Å²) in [4.78, 5) is 11.5. The molecule has 0 spiro atoms. The largest absolute Gasteiger partial charge is 0.355 e. The highest BCUT2D eigenvalue weighted by Gasteiger charge is 2.19. The van der Waals surface area contributed by atoms with Gasteiger partial charge in [-0.3, -0.25) is 4.79 Å². The third kappa shape index (κ3) is 3.35. The Morgan fingerprint density at radius 3 is 2.81 bits per heavy atom. The van der Waals surface area contributed by atoms with Crippen LogP contribution >= 0.6 is 23.2 Å². The van der Waals surface area contributed by atoms with Crippen LogP contribution in [0, 0.1) is 5.82 Å². The van der Waals surface area contributed by atoms with E-state index in [-0.39, 0.29) is 10.9 Å². The summed E-state index contributed by atoms with van der Waals surface area (Å²) in [5.41, 5.74) is 0.415. The normalized spacial score (nSPS) is 12.2. The molecule has 0 aromatic heterocycles. The summed E-state index contributed by atoms with van der Waals surface area (Å²) >= 11 is 11.7. The molecular weight excluding hydrogens is 252 g/mol. The van der Waals surface area contributed by atoms with Crippen molar-refractivity contribution >= 4 is 29.1 Å². The fourth-order valence-electron chi connectivity index (χ4n) is 1.19. The van der Waals surface area contributed by atoms with E-state index >= 15 is 0 Å². The second kappa shape index (κ2) is 6.06. The molecule has 1 aromatic rings. The molecule has 88 valence electrons. The first-order valence-corrected chi connectivity index (χ1v) is 5.74. The van der Waals surface area contributed by atoms with Crippen LogP contribution in [0.4, 0.5) is 4.39 Å². The van der Waals surface area contributed by atoms with Crippen LogP contribution in [0.25, 0.3) is 0 Å². The van der Waals surface area contributed by atoms with E-state index in [9.17, 15) is 9.18 Å². The summed E-state index contributed by atoms with van der Waals surface area (Å²) in [5.74, 6) is -0.774. The van der Waals surface area contributed by atoms with Gasteiger partial charge in [0.05, 0.1) is 0 Å². The lowest BCUT2D eigenvalue weighted by Crippen LogP contribution is -2.27. The van der Waals surface area contributed by atoms with E-state index in [1.807, 2.05) is 6.92 Å². The van der Waals surface area contributed by atoms with E-state index in [0.29, 0.717) is 12.1 Å². The summed E-state index contributed by atoms with van der Waals surface area (Å²) < 4.78 is 12.8. The fourth-order valence-corrected chi connectivity index (χ4v) is 1.79. The van der Waals surface area contributed by atoms with Crippen LogP contribution in [0.15, 0.2) is 18.2 Å². The first-order valence-electron chi connectivity index (χ1n) is 4.93. The zero-order valence-corrected chi connectivity index (χ0v) is 10.3. The Morgan fingerprint density at radius 1 is 1.56 bits per heavy atom. The number of rotatable bonds is 4. The molecule has 16 heavy (non-hydrogen) atoms. The highest BCUT2D eigenvalue weighted by molar-refractivity contribution is 6.35. The van der Waals surface area contributed by atoms with Crippen LogP contribution in [0.5, 0.6) is 0 Å². The Bertz CT molecular complexity index is 384. The molecule has 0 bridgehead atoms. The zero-order chi connectivity index (χ0) is 12.1. The predicted octanol–water partition coefficient (Wildman–Crippen LogP) is 3.29. The van der Waals surface area contributed by atoms with Crippen molar-refractivity contribution in [3.05, 3.63) is 34.6 Å². The lowest BCUT2D eigenvalue weighted by atomic mass is 10.1. The summed E-state index contributed by atoms with van der Waals surface area (Å²) in [6, 6.07) is 3.78. The van der Waals surface area contributed by atoms with Gasteiger partial charge in [0, 0.05) is 11.6 Å². The smallest absolute Gasteiger partial charge is 0.242 e. The average Bonchev–Trinajstić information content (AvgIpc) is 2.25. The molecule has 1 aromatic carbocycles.